The molecule has 0 atom stereocenters. The Hall–Kier alpha value is -2.69. The van der Waals surface area contributed by atoms with Gasteiger partial charge in [-0.2, -0.15) is 0 Å². The Kier molecular flexibility index (Phi) is 8.02. The van der Waals surface area contributed by atoms with Gasteiger partial charge in [-0.3, -0.25) is 4.79 Å². The van der Waals surface area contributed by atoms with Gasteiger partial charge in [0.05, 0.1) is 11.4 Å². The Morgan fingerprint density at radius 3 is 2.68 bits per heavy atom. The van der Waals surface area contributed by atoms with Crippen molar-refractivity contribution in [1.29, 1.82) is 0 Å². The van der Waals surface area contributed by atoms with Crippen molar-refractivity contribution in [3.8, 4) is 17.0 Å². The number of thiazole rings is 1. The van der Waals surface area contributed by atoms with Gasteiger partial charge in [0, 0.05) is 22.0 Å². The van der Waals surface area contributed by atoms with Crippen LogP contribution in [0.15, 0.2) is 57.5 Å². The third kappa shape index (κ3) is 6.05. The van der Waals surface area contributed by atoms with Gasteiger partial charge in [-0.05, 0) is 62.2 Å². The molecule has 2 aromatic heterocycles. The molecule has 0 aliphatic heterocycles. The fourth-order valence-corrected chi connectivity index (χ4v) is 5.00. The van der Waals surface area contributed by atoms with Crippen LogP contribution in [0.5, 0.6) is 5.75 Å². The summed E-state index contributed by atoms with van der Waals surface area (Å²) >= 11 is 6.17. The monoisotopic (exact) mass is 557 g/mol. The zero-order chi connectivity index (χ0) is 24.1. The predicted molar refractivity (Wildman–Crippen MR) is 141 cm³/mol. The molecule has 4 rings (SSSR count). The maximum atomic E-state index is 12.5. The van der Waals surface area contributed by atoms with E-state index in [4.69, 9.17) is 4.74 Å². The number of hydrogen-bond donors (Lipinski definition) is 1. The molecule has 0 radical (unpaired) electrons. The van der Waals surface area contributed by atoms with E-state index >= 15 is 0 Å². The first-order valence-electron chi connectivity index (χ1n) is 10.7. The summed E-state index contributed by atoms with van der Waals surface area (Å²) in [5.74, 6) is 1.55. The number of benzene rings is 2. The van der Waals surface area contributed by atoms with E-state index in [-0.39, 0.29) is 11.7 Å². The maximum Gasteiger partial charge on any atom is 0.236 e. The van der Waals surface area contributed by atoms with Gasteiger partial charge in [-0.15, -0.1) is 21.5 Å². The van der Waals surface area contributed by atoms with E-state index in [0.717, 1.165) is 21.5 Å². The van der Waals surface area contributed by atoms with Crippen LogP contribution in [-0.2, 0) is 17.9 Å². The van der Waals surface area contributed by atoms with Crippen molar-refractivity contribution < 1.29 is 9.53 Å². The topological polar surface area (TPSA) is 81.9 Å². The van der Waals surface area contributed by atoms with Crippen molar-refractivity contribution >= 4 is 50.1 Å². The Bertz CT molecular complexity index is 1290. The van der Waals surface area contributed by atoms with Crippen LogP contribution in [0.3, 0.4) is 0 Å². The predicted octanol–water partition coefficient (Wildman–Crippen LogP) is 6.11. The number of rotatable bonds is 9. The Labute approximate surface area is 215 Å². The molecule has 0 spiro atoms. The van der Waals surface area contributed by atoms with Gasteiger partial charge in [-0.1, -0.05) is 39.8 Å². The standard InChI is InChI=1S/C24H24BrN5O2S2/c1-4-30-21(12-32-19-9-7-18(25)8-10-19)28-29-24(30)34-14-22(31)27-23-26-20(13-33-23)17-6-5-15(2)16(3)11-17/h5-11,13H,4,12,14H2,1-3H3,(H,26,27,31). The van der Waals surface area contributed by atoms with Crippen molar-refractivity contribution in [3.05, 3.63) is 69.3 Å². The first-order valence-corrected chi connectivity index (χ1v) is 13.3. The van der Waals surface area contributed by atoms with Gasteiger partial charge in [0.25, 0.3) is 0 Å². The third-order valence-corrected chi connectivity index (χ3v) is 7.43. The minimum atomic E-state index is -0.135. The minimum Gasteiger partial charge on any atom is -0.486 e. The summed E-state index contributed by atoms with van der Waals surface area (Å²) in [6, 6.07) is 13.9. The van der Waals surface area contributed by atoms with Crippen molar-refractivity contribution in [2.24, 2.45) is 0 Å². The number of nitrogens with one attached hydrogen (secondary N) is 1. The summed E-state index contributed by atoms with van der Waals surface area (Å²) in [6.45, 7) is 7.16. The molecule has 0 unspecified atom stereocenters. The number of ether oxygens (including phenoxy) is 1. The van der Waals surface area contributed by atoms with E-state index in [2.05, 4.69) is 68.5 Å². The molecule has 0 bridgehead atoms. The summed E-state index contributed by atoms with van der Waals surface area (Å²) in [4.78, 5) is 17.1. The molecule has 0 saturated heterocycles. The second kappa shape index (κ2) is 11.2. The van der Waals surface area contributed by atoms with Crippen LogP contribution in [0.1, 0.15) is 23.9 Å². The Balaban J connectivity index is 1.32. The fraction of sp³-hybridized carbons (Fsp3) is 0.250. The molecule has 0 aliphatic rings. The summed E-state index contributed by atoms with van der Waals surface area (Å²) in [7, 11) is 0. The lowest BCUT2D eigenvalue weighted by atomic mass is 10.1. The van der Waals surface area contributed by atoms with Crippen molar-refractivity contribution in [2.45, 2.75) is 39.1 Å². The second-order valence-electron chi connectivity index (χ2n) is 7.56. The molecule has 34 heavy (non-hydrogen) atoms. The van der Waals surface area contributed by atoms with Gasteiger partial charge in [0.15, 0.2) is 16.1 Å². The number of amides is 1. The minimum absolute atomic E-state index is 0.135. The molecule has 1 N–H and O–H groups in total. The number of thioether (sulfide) groups is 1. The zero-order valence-electron chi connectivity index (χ0n) is 19.0. The number of carbonyl (C=O) groups excluding carboxylic acids is 1. The maximum absolute atomic E-state index is 12.5. The lowest BCUT2D eigenvalue weighted by Crippen LogP contribution is -2.14. The van der Waals surface area contributed by atoms with E-state index in [9.17, 15) is 4.79 Å². The number of carbonyl (C=O) groups is 1. The van der Waals surface area contributed by atoms with Crippen LogP contribution in [0, 0.1) is 13.8 Å². The highest BCUT2D eigenvalue weighted by Crippen LogP contribution is 2.27. The SMILES string of the molecule is CCn1c(COc2ccc(Br)cc2)nnc1SCC(=O)Nc1nc(-c2ccc(C)c(C)c2)cs1. The molecule has 4 aromatic rings. The van der Waals surface area contributed by atoms with E-state index in [1.54, 1.807) is 0 Å². The van der Waals surface area contributed by atoms with E-state index in [1.165, 1.54) is 34.2 Å². The van der Waals surface area contributed by atoms with Crippen LogP contribution in [0.4, 0.5) is 5.13 Å². The molecular formula is C24H24BrN5O2S2. The number of nitrogens with zero attached hydrogens (tertiary/aromatic N) is 4. The van der Waals surface area contributed by atoms with Crippen LogP contribution in [0.25, 0.3) is 11.3 Å². The first kappa shape index (κ1) is 24.4. The number of aromatic nitrogens is 4. The molecule has 10 heteroatoms. The van der Waals surface area contributed by atoms with Crippen molar-refractivity contribution in [2.75, 3.05) is 11.1 Å². The van der Waals surface area contributed by atoms with Gasteiger partial charge in [0.1, 0.15) is 12.4 Å². The van der Waals surface area contributed by atoms with E-state index in [1.807, 2.05) is 41.1 Å². The molecule has 0 fully saturated rings. The summed E-state index contributed by atoms with van der Waals surface area (Å²) in [6.07, 6.45) is 0. The van der Waals surface area contributed by atoms with Crippen LogP contribution in [-0.4, -0.2) is 31.4 Å². The summed E-state index contributed by atoms with van der Waals surface area (Å²) in [5.41, 5.74) is 4.36. The highest BCUT2D eigenvalue weighted by molar-refractivity contribution is 9.10. The van der Waals surface area contributed by atoms with Crippen LogP contribution in [0.2, 0.25) is 0 Å². The highest BCUT2D eigenvalue weighted by Gasteiger charge is 2.15. The molecule has 0 saturated carbocycles. The summed E-state index contributed by atoms with van der Waals surface area (Å²) in [5, 5.41) is 14.6. The molecule has 1 amide bonds. The van der Waals surface area contributed by atoms with Crippen LogP contribution < -0.4 is 10.1 Å². The number of halogens is 1. The van der Waals surface area contributed by atoms with Gasteiger partial charge in [-0.25, -0.2) is 4.98 Å². The third-order valence-electron chi connectivity index (χ3n) is 5.18. The molecule has 2 aromatic carbocycles. The van der Waals surface area contributed by atoms with Crippen LogP contribution >= 0.6 is 39.0 Å². The highest BCUT2D eigenvalue weighted by atomic mass is 79.9. The molecule has 7 nitrogen and oxygen atoms in total. The Morgan fingerprint density at radius 2 is 1.94 bits per heavy atom. The van der Waals surface area contributed by atoms with Gasteiger partial charge >= 0.3 is 0 Å². The Morgan fingerprint density at radius 1 is 1.15 bits per heavy atom. The molecular weight excluding hydrogens is 534 g/mol. The lowest BCUT2D eigenvalue weighted by Gasteiger charge is -2.09. The number of aryl methyl sites for hydroxylation is 2. The number of hydrogen-bond acceptors (Lipinski definition) is 7. The van der Waals surface area contributed by atoms with Crippen molar-refractivity contribution in [3.63, 3.8) is 0 Å². The molecule has 176 valence electrons. The average Bonchev–Trinajstić information content (AvgIpc) is 3.45. The van der Waals surface area contributed by atoms with Gasteiger partial charge < -0.3 is 14.6 Å². The normalized spacial score (nSPS) is 10.9. The lowest BCUT2D eigenvalue weighted by molar-refractivity contribution is -0.113. The van der Waals surface area contributed by atoms with Crippen molar-refractivity contribution in [1.82, 2.24) is 19.7 Å². The quantitative estimate of drug-likeness (QED) is 0.250. The average molecular weight is 559 g/mol. The largest absolute Gasteiger partial charge is 0.486 e. The molecule has 0 aliphatic carbocycles. The van der Waals surface area contributed by atoms with E-state index in [0.29, 0.717) is 29.3 Å². The zero-order valence-corrected chi connectivity index (χ0v) is 22.3. The number of anilines is 1. The van der Waals surface area contributed by atoms with Gasteiger partial charge in [0.2, 0.25) is 5.91 Å². The first-order chi connectivity index (χ1) is 16.4. The molecule has 2 heterocycles. The smallest absolute Gasteiger partial charge is 0.236 e. The second-order valence-corrected chi connectivity index (χ2v) is 10.3. The van der Waals surface area contributed by atoms with E-state index < -0.39 is 0 Å². The summed E-state index contributed by atoms with van der Waals surface area (Å²) < 4.78 is 8.77. The fourth-order valence-electron chi connectivity index (χ4n) is 3.18.